The monoisotopic (exact) mass is 654 g/mol. The third kappa shape index (κ3) is 4.99. The third-order valence-corrected chi connectivity index (χ3v) is 9.30. The first-order chi connectivity index (χ1) is 25.3. The smallest absolute Gasteiger partial charge is 0.247 e. The van der Waals surface area contributed by atoms with Gasteiger partial charge in [0.15, 0.2) is 17.5 Å². The molecule has 4 heterocycles. The topological polar surface area (TPSA) is 90.5 Å². The Morgan fingerprint density at radius 1 is 0.412 bits per heavy atom. The quantitative estimate of drug-likeness (QED) is 0.182. The molecule has 6 aromatic carbocycles. The lowest BCUT2D eigenvalue weighted by atomic mass is 9.92. The highest BCUT2D eigenvalue weighted by Crippen LogP contribution is 2.39. The molecule has 4 aromatic heterocycles. The van der Waals surface area contributed by atoms with Crippen LogP contribution in [0.5, 0.6) is 0 Å². The van der Waals surface area contributed by atoms with Crippen LogP contribution in [0, 0.1) is 0 Å². The van der Waals surface area contributed by atoms with Crippen LogP contribution in [-0.2, 0) is 0 Å². The number of nitrogens with zero attached hydrogens (tertiary/aromatic N) is 6. The van der Waals surface area contributed by atoms with Crippen LogP contribution in [0.2, 0.25) is 0 Å². The summed E-state index contributed by atoms with van der Waals surface area (Å²) in [5.74, 6) is 1.87. The normalized spacial score (nSPS) is 11.5. The van der Waals surface area contributed by atoms with E-state index in [1.807, 2.05) is 97.2 Å². The van der Waals surface area contributed by atoms with Crippen molar-refractivity contribution in [1.82, 2.24) is 30.1 Å². The summed E-state index contributed by atoms with van der Waals surface area (Å²) in [6.45, 7) is 0. The van der Waals surface area contributed by atoms with E-state index in [1.54, 1.807) is 0 Å². The van der Waals surface area contributed by atoms with Gasteiger partial charge in [0.05, 0.1) is 16.6 Å². The molecule has 51 heavy (non-hydrogen) atoms. The largest absolute Gasteiger partial charge is 0.436 e. The van der Waals surface area contributed by atoms with Gasteiger partial charge in [0.1, 0.15) is 5.58 Å². The molecule has 0 saturated heterocycles. The summed E-state index contributed by atoms with van der Waals surface area (Å²) < 4.78 is 5.98. The Bertz CT molecular complexity index is 2870. The standard InChI is InChI=1S/C44H26N6O/c1-3-12-27(13-4-1)41-46-42(28-14-5-2-6-15-28)48-43(47-41)35-22-21-31(32-17-7-8-18-33(32)35)30-24-29-16-11-23-45-40(29)37(25-30)38-26-36-34-19-9-10-20-39(34)51-44(36)50-49-38/h1-26H. The molecular formula is C44H26N6O. The fourth-order valence-corrected chi connectivity index (χ4v) is 6.88. The minimum absolute atomic E-state index is 0.513. The molecule has 0 amide bonds. The Morgan fingerprint density at radius 3 is 1.78 bits per heavy atom. The highest BCUT2D eigenvalue weighted by Gasteiger charge is 2.18. The highest BCUT2D eigenvalue weighted by atomic mass is 16.3. The summed E-state index contributed by atoms with van der Waals surface area (Å²) in [6.07, 6.45) is 1.82. The molecule has 10 aromatic rings. The first kappa shape index (κ1) is 28.9. The van der Waals surface area contributed by atoms with Gasteiger partial charge in [-0.1, -0.05) is 115 Å². The third-order valence-electron chi connectivity index (χ3n) is 9.30. The van der Waals surface area contributed by atoms with Crippen LogP contribution < -0.4 is 0 Å². The molecule has 0 atom stereocenters. The number of furan rings is 1. The van der Waals surface area contributed by atoms with Crippen LogP contribution in [0.25, 0.3) is 100 Å². The van der Waals surface area contributed by atoms with E-state index in [9.17, 15) is 0 Å². The van der Waals surface area contributed by atoms with Gasteiger partial charge in [-0.25, -0.2) is 15.0 Å². The maximum Gasteiger partial charge on any atom is 0.247 e. The molecule has 10 rings (SSSR count). The van der Waals surface area contributed by atoms with Crippen molar-refractivity contribution < 1.29 is 4.42 Å². The molecule has 7 heteroatoms. The summed E-state index contributed by atoms with van der Waals surface area (Å²) in [6, 6.07) is 51.2. The van der Waals surface area contributed by atoms with Gasteiger partial charge in [-0.15, -0.1) is 10.2 Å². The van der Waals surface area contributed by atoms with Crippen LogP contribution >= 0.6 is 0 Å². The SMILES string of the molecule is c1ccc(-c2nc(-c3ccccc3)nc(-c3ccc(-c4cc(-c5cc6c(nn5)oc5ccccc56)c5ncccc5c4)c4ccccc34)n2)cc1. The van der Waals surface area contributed by atoms with Crippen molar-refractivity contribution in [3.05, 3.63) is 158 Å². The molecule has 0 N–H and O–H groups in total. The van der Waals surface area contributed by atoms with Crippen LogP contribution in [0.3, 0.4) is 0 Å². The van der Waals surface area contributed by atoms with Crippen molar-refractivity contribution in [2.45, 2.75) is 0 Å². The summed E-state index contributed by atoms with van der Waals surface area (Å²) >= 11 is 0. The van der Waals surface area contributed by atoms with E-state index in [1.165, 1.54) is 0 Å². The zero-order valence-corrected chi connectivity index (χ0v) is 27.1. The number of para-hydroxylation sites is 1. The van der Waals surface area contributed by atoms with Gasteiger partial charge in [0, 0.05) is 39.2 Å². The Kier molecular flexibility index (Phi) is 6.67. The van der Waals surface area contributed by atoms with Crippen molar-refractivity contribution in [2.75, 3.05) is 0 Å². The van der Waals surface area contributed by atoms with E-state index in [2.05, 4.69) is 70.9 Å². The molecule has 0 aliphatic heterocycles. The molecular weight excluding hydrogens is 629 g/mol. The fourth-order valence-electron chi connectivity index (χ4n) is 6.88. The Balaban J connectivity index is 1.17. The average molecular weight is 655 g/mol. The summed E-state index contributed by atoms with van der Waals surface area (Å²) in [5.41, 5.74) is 8.69. The van der Waals surface area contributed by atoms with Gasteiger partial charge in [0.25, 0.3) is 0 Å². The van der Waals surface area contributed by atoms with Gasteiger partial charge in [-0.3, -0.25) is 4.98 Å². The van der Waals surface area contributed by atoms with Crippen LogP contribution in [-0.4, -0.2) is 30.1 Å². The second-order valence-corrected chi connectivity index (χ2v) is 12.4. The number of hydrogen-bond acceptors (Lipinski definition) is 7. The average Bonchev–Trinajstić information content (AvgIpc) is 3.58. The molecule has 238 valence electrons. The molecule has 0 spiro atoms. The lowest BCUT2D eigenvalue weighted by Crippen LogP contribution is -2.00. The number of benzene rings is 6. The lowest BCUT2D eigenvalue weighted by molar-refractivity contribution is 0.646. The van der Waals surface area contributed by atoms with Gasteiger partial charge in [-0.05, 0) is 58.3 Å². The predicted molar refractivity (Wildman–Crippen MR) is 203 cm³/mol. The van der Waals surface area contributed by atoms with E-state index in [4.69, 9.17) is 24.4 Å². The second kappa shape index (κ2) is 11.8. The van der Waals surface area contributed by atoms with Crippen molar-refractivity contribution in [2.24, 2.45) is 0 Å². The highest BCUT2D eigenvalue weighted by molar-refractivity contribution is 6.08. The van der Waals surface area contributed by atoms with Gasteiger partial charge in [0.2, 0.25) is 5.71 Å². The molecule has 7 nitrogen and oxygen atoms in total. The number of pyridine rings is 1. The van der Waals surface area contributed by atoms with Gasteiger partial charge >= 0.3 is 0 Å². The zero-order chi connectivity index (χ0) is 33.7. The van der Waals surface area contributed by atoms with E-state index in [0.717, 1.165) is 77.1 Å². The first-order valence-corrected chi connectivity index (χ1v) is 16.7. The summed E-state index contributed by atoms with van der Waals surface area (Å²) in [4.78, 5) is 19.8. The van der Waals surface area contributed by atoms with Gasteiger partial charge < -0.3 is 4.42 Å². The molecule has 0 bridgehead atoms. The fraction of sp³-hybridized carbons (Fsp3) is 0. The lowest BCUT2D eigenvalue weighted by Gasteiger charge is -2.14. The van der Waals surface area contributed by atoms with Crippen LogP contribution in [0.15, 0.2) is 162 Å². The molecule has 0 radical (unpaired) electrons. The molecule has 0 saturated carbocycles. The van der Waals surface area contributed by atoms with E-state index in [0.29, 0.717) is 23.2 Å². The predicted octanol–water partition coefficient (Wildman–Crippen LogP) is 10.6. The minimum atomic E-state index is 0.513. The van der Waals surface area contributed by atoms with Crippen molar-refractivity contribution >= 4 is 43.7 Å². The number of rotatable bonds is 5. The molecule has 0 fully saturated rings. The van der Waals surface area contributed by atoms with Crippen molar-refractivity contribution in [1.29, 1.82) is 0 Å². The Labute approximate surface area is 292 Å². The van der Waals surface area contributed by atoms with Crippen molar-refractivity contribution in [3.8, 4) is 56.5 Å². The molecule has 0 aliphatic carbocycles. The Morgan fingerprint density at radius 2 is 1.04 bits per heavy atom. The maximum absolute atomic E-state index is 5.98. The zero-order valence-electron chi connectivity index (χ0n) is 27.1. The van der Waals surface area contributed by atoms with E-state index < -0.39 is 0 Å². The minimum Gasteiger partial charge on any atom is -0.436 e. The number of fused-ring (bicyclic) bond motifs is 5. The number of hydrogen-bond donors (Lipinski definition) is 0. The Hall–Kier alpha value is -7.12. The number of aromatic nitrogens is 6. The first-order valence-electron chi connectivity index (χ1n) is 16.7. The van der Waals surface area contributed by atoms with E-state index >= 15 is 0 Å². The molecule has 0 aliphatic rings. The van der Waals surface area contributed by atoms with Crippen LogP contribution in [0.4, 0.5) is 0 Å². The van der Waals surface area contributed by atoms with Gasteiger partial charge in [-0.2, -0.15) is 0 Å². The summed E-state index contributed by atoms with van der Waals surface area (Å²) in [5, 5.41) is 14.2. The summed E-state index contributed by atoms with van der Waals surface area (Å²) in [7, 11) is 0. The van der Waals surface area contributed by atoms with Crippen molar-refractivity contribution in [3.63, 3.8) is 0 Å². The van der Waals surface area contributed by atoms with Crippen LogP contribution in [0.1, 0.15) is 0 Å². The molecule has 0 unspecified atom stereocenters. The second-order valence-electron chi connectivity index (χ2n) is 12.4. The van der Waals surface area contributed by atoms with E-state index in [-0.39, 0.29) is 0 Å². The maximum atomic E-state index is 5.98.